The van der Waals surface area contributed by atoms with Gasteiger partial charge in [0.25, 0.3) is 0 Å². The Bertz CT molecular complexity index is 493. The maximum Gasteiger partial charge on any atom is 0.182 e. The second kappa shape index (κ2) is 3.71. The lowest BCUT2D eigenvalue weighted by Crippen LogP contribution is -2.36. The molecule has 2 aromatic rings. The zero-order chi connectivity index (χ0) is 11.0. The summed E-state index contributed by atoms with van der Waals surface area (Å²) in [4.78, 5) is 17.9. The van der Waals surface area contributed by atoms with Crippen molar-refractivity contribution in [2.45, 2.75) is 18.9 Å². The summed E-state index contributed by atoms with van der Waals surface area (Å²) >= 11 is 0. The first kappa shape index (κ1) is 9.53. The first-order valence-corrected chi connectivity index (χ1v) is 5.51. The van der Waals surface area contributed by atoms with E-state index in [2.05, 4.69) is 24.8 Å². The number of nitrogens with two attached hydrogens (primary N) is 1. The molecule has 1 saturated heterocycles. The molecule has 0 saturated carbocycles. The van der Waals surface area contributed by atoms with E-state index in [1.807, 2.05) is 0 Å². The van der Waals surface area contributed by atoms with Gasteiger partial charge in [0, 0.05) is 19.1 Å². The molecule has 1 atom stereocenters. The van der Waals surface area contributed by atoms with Gasteiger partial charge in [-0.1, -0.05) is 0 Å². The van der Waals surface area contributed by atoms with Gasteiger partial charge in [0.2, 0.25) is 0 Å². The molecule has 1 aliphatic heterocycles. The molecular formula is C10H14N6. The molecule has 0 amide bonds. The van der Waals surface area contributed by atoms with Crippen molar-refractivity contribution in [2.75, 3.05) is 18.0 Å². The highest BCUT2D eigenvalue weighted by molar-refractivity contribution is 5.82. The summed E-state index contributed by atoms with van der Waals surface area (Å²) in [7, 11) is 0. The van der Waals surface area contributed by atoms with E-state index in [4.69, 9.17) is 5.73 Å². The molecule has 0 radical (unpaired) electrons. The van der Waals surface area contributed by atoms with E-state index in [9.17, 15) is 0 Å². The molecular weight excluding hydrogens is 204 g/mol. The highest BCUT2D eigenvalue weighted by Gasteiger charge is 2.26. The molecule has 1 unspecified atom stereocenters. The van der Waals surface area contributed by atoms with Crippen LogP contribution in [0.5, 0.6) is 0 Å². The van der Waals surface area contributed by atoms with Crippen LogP contribution in [-0.2, 0) is 0 Å². The highest BCUT2D eigenvalue weighted by Crippen LogP contribution is 2.27. The minimum absolute atomic E-state index is 0.390. The Labute approximate surface area is 92.9 Å². The molecule has 1 fully saturated rings. The molecule has 6 nitrogen and oxygen atoms in total. The van der Waals surface area contributed by atoms with Crippen molar-refractivity contribution in [1.29, 1.82) is 0 Å². The number of H-pyrrole nitrogens is 1. The van der Waals surface area contributed by atoms with Crippen molar-refractivity contribution in [2.24, 2.45) is 5.73 Å². The Hall–Kier alpha value is -1.69. The SMILES string of the molecule is NCC1CCCN1c1ncnc2nc[nH]c12. The molecule has 0 aliphatic carbocycles. The topological polar surface area (TPSA) is 83.7 Å². The van der Waals surface area contributed by atoms with Gasteiger partial charge in [0.1, 0.15) is 11.8 Å². The summed E-state index contributed by atoms with van der Waals surface area (Å²) in [6, 6.07) is 0.390. The smallest absolute Gasteiger partial charge is 0.182 e. The maximum atomic E-state index is 5.77. The van der Waals surface area contributed by atoms with Gasteiger partial charge in [-0.3, -0.25) is 0 Å². The molecule has 0 bridgehead atoms. The minimum Gasteiger partial charge on any atom is -0.350 e. The summed E-state index contributed by atoms with van der Waals surface area (Å²) in [5.41, 5.74) is 7.39. The molecule has 16 heavy (non-hydrogen) atoms. The van der Waals surface area contributed by atoms with Crippen LogP contribution >= 0.6 is 0 Å². The Kier molecular flexibility index (Phi) is 2.21. The number of imidazole rings is 1. The third-order valence-corrected chi connectivity index (χ3v) is 3.12. The quantitative estimate of drug-likeness (QED) is 0.756. The van der Waals surface area contributed by atoms with Gasteiger partial charge in [-0.15, -0.1) is 0 Å². The van der Waals surface area contributed by atoms with Crippen molar-refractivity contribution in [3.8, 4) is 0 Å². The third-order valence-electron chi connectivity index (χ3n) is 3.12. The van der Waals surface area contributed by atoms with Gasteiger partial charge in [-0.25, -0.2) is 15.0 Å². The van der Waals surface area contributed by atoms with Gasteiger partial charge >= 0.3 is 0 Å². The number of hydrogen-bond acceptors (Lipinski definition) is 5. The van der Waals surface area contributed by atoms with E-state index in [-0.39, 0.29) is 0 Å². The van der Waals surface area contributed by atoms with E-state index < -0.39 is 0 Å². The van der Waals surface area contributed by atoms with E-state index in [0.717, 1.165) is 24.3 Å². The molecule has 3 heterocycles. The number of fused-ring (bicyclic) bond motifs is 1. The highest BCUT2D eigenvalue weighted by atomic mass is 15.3. The lowest BCUT2D eigenvalue weighted by Gasteiger charge is -2.24. The zero-order valence-electron chi connectivity index (χ0n) is 8.93. The molecule has 6 heteroatoms. The van der Waals surface area contributed by atoms with E-state index >= 15 is 0 Å². The van der Waals surface area contributed by atoms with Crippen molar-refractivity contribution in [1.82, 2.24) is 19.9 Å². The number of rotatable bonds is 2. The van der Waals surface area contributed by atoms with Crippen LogP contribution in [-0.4, -0.2) is 39.1 Å². The Morgan fingerprint density at radius 2 is 2.38 bits per heavy atom. The third kappa shape index (κ3) is 1.34. The molecule has 84 valence electrons. The van der Waals surface area contributed by atoms with Gasteiger partial charge < -0.3 is 15.6 Å². The van der Waals surface area contributed by atoms with Crippen LogP contribution in [0.2, 0.25) is 0 Å². The van der Waals surface area contributed by atoms with E-state index in [1.165, 1.54) is 6.42 Å². The van der Waals surface area contributed by atoms with Crippen LogP contribution < -0.4 is 10.6 Å². The van der Waals surface area contributed by atoms with Crippen molar-refractivity contribution in [3.63, 3.8) is 0 Å². The average Bonchev–Trinajstić information content (AvgIpc) is 2.96. The van der Waals surface area contributed by atoms with Crippen LogP contribution in [0.3, 0.4) is 0 Å². The molecule has 3 N–H and O–H groups in total. The Balaban J connectivity index is 2.07. The Morgan fingerprint density at radius 3 is 3.25 bits per heavy atom. The van der Waals surface area contributed by atoms with Gasteiger partial charge in [0.15, 0.2) is 11.5 Å². The first-order chi connectivity index (χ1) is 7.90. The molecule has 2 aromatic heterocycles. The van der Waals surface area contributed by atoms with Crippen LogP contribution in [0, 0.1) is 0 Å². The fourth-order valence-electron chi connectivity index (χ4n) is 2.33. The van der Waals surface area contributed by atoms with Gasteiger partial charge in [0.05, 0.1) is 6.33 Å². The number of anilines is 1. The van der Waals surface area contributed by atoms with Crippen LogP contribution in [0.25, 0.3) is 11.2 Å². The number of nitrogens with zero attached hydrogens (tertiary/aromatic N) is 4. The summed E-state index contributed by atoms with van der Waals surface area (Å²) in [6.45, 7) is 1.67. The normalized spacial score (nSPS) is 20.8. The van der Waals surface area contributed by atoms with E-state index in [0.29, 0.717) is 18.2 Å². The number of aromatic nitrogens is 4. The molecule has 3 rings (SSSR count). The van der Waals surface area contributed by atoms with Crippen LogP contribution in [0.4, 0.5) is 5.82 Å². The summed E-state index contributed by atoms with van der Waals surface area (Å²) in [5, 5.41) is 0. The standard InChI is InChI=1S/C10H14N6/c11-4-7-2-1-3-16(7)10-8-9(13-5-12-8)14-6-15-10/h5-7H,1-4,11H2,(H,12,13,14,15). The first-order valence-electron chi connectivity index (χ1n) is 5.51. The minimum atomic E-state index is 0.390. The fraction of sp³-hybridized carbons (Fsp3) is 0.500. The Morgan fingerprint density at radius 1 is 1.44 bits per heavy atom. The largest absolute Gasteiger partial charge is 0.350 e. The monoisotopic (exact) mass is 218 g/mol. The van der Waals surface area contributed by atoms with Crippen LogP contribution in [0.15, 0.2) is 12.7 Å². The molecule has 0 aromatic carbocycles. The summed E-state index contributed by atoms with van der Waals surface area (Å²) < 4.78 is 0. The lowest BCUT2D eigenvalue weighted by atomic mass is 10.2. The number of hydrogen-bond donors (Lipinski definition) is 2. The lowest BCUT2D eigenvalue weighted by molar-refractivity contribution is 0.672. The maximum absolute atomic E-state index is 5.77. The second-order valence-corrected chi connectivity index (χ2v) is 4.02. The van der Waals surface area contributed by atoms with Crippen molar-refractivity contribution in [3.05, 3.63) is 12.7 Å². The van der Waals surface area contributed by atoms with Gasteiger partial charge in [-0.2, -0.15) is 0 Å². The fourth-order valence-corrected chi connectivity index (χ4v) is 2.33. The van der Waals surface area contributed by atoms with Crippen molar-refractivity contribution < 1.29 is 0 Å². The van der Waals surface area contributed by atoms with Crippen LogP contribution in [0.1, 0.15) is 12.8 Å². The van der Waals surface area contributed by atoms with E-state index in [1.54, 1.807) is 12.7 Å². The molecule has 0 spiro atoms. The van der Waals surface area contributed by atoms with Gasteiger partial charge in [-0.05, 0) is 12.8 Å². The molecule has 1 aliphatic rings. The second-order valence-electron chi connectivity index (χ2n) is 4.02. The zero-order valence-corrected chi connectivity index (χ0v) is 8.93. The summed E-state index contributed by atoms with van der Waals surface area (Å²) in [5.74, 6) is 0.926. The number of nitrogens with one attached hydrogen (secondary N) is 1. The predicted molar refractivity (Wildman–Crippen MR) is 61.1 cm³/mol. The number of aromatic amines is 1. The van der Waals surface area contributed by atoms with Crippen molar-refractivity contribution >= 4 is 17.0 Å². The summed E-state index contributed by atoms with van der Waals surface area (Å²) in [6.07, 6.45) is 5.51. The average molecular weight is 218 g/mol. The predicted octanol–water partition coefficient (Wildman–Crippen LogP) is 0.280.